The van der Waals surface area contributed by atoms with Gasteiger partial charge < -0.3 is 9.64 Å². The average molecular weight is 431 g/mol. The van der Waals surface area contributed by atoms with Crippen LogP contribution in [0.3, 0.4) is 0 Å². The minimum Gasteiger partial charge on any atom is -0.467 e. The van der Waals surface area contributed by atoms with Crippen molar-refractivity contribution in [1.29, 1.82) is 0 Å². The van der Waals surface area contributed by atoms with Crippen LogP contribution in [-0.4, -0.2) is 70.3 Å². The van der Waals surface area contributed by atoms with Gasteiger partial charge >= 0.3 is 12.0 Å². The van der Waals surface area contributed by atoms with Gasteiger partial charge in [0.25, 0.3) is 10.0 Å². The van der Waals surface area contributed by atoms with E-state index < -0.39 is 35.8 Å². The number of pyridine rings is 1. The van der Waals surface area contributed by atoms with Gasteiger partial charge in [-0.15, -0.1) is 0 Å². The lowest BCUT2D eigenvalue weighted by Gasteiger charge is -2.13. The lowest BCUT2D eigenvalue weighted by Crippen LogP contribution is -2.35. The highest BCUT2D eigenvalue weighted by Crippen LogP contribution is 2.18. The first-order valence-electron chi connectivity index (χ1n) is 7.40. The van der Waals surface area contributed by atoms with Crippen molar-refractivity contribution in [3.63, 3.8) is 0 Å². The summed E-state index contributed by atoms with van der Waals surface area (Å²) >= 11 is 0. The molecular weight excluding hydrogens is 414 g/mol. The Morgan fingerprint density at radius 1 is 1.14 bits per heavy atom. The number of hydrogen-bond donors (Lipinski definition) is 2. The van der Waals surface area contributed by atoms with E-state index in [0.29, 0.717) is 0 Å². The molecule has 0 radical (unpaired) electrons. The van der Waals surface area contributed by atoms with E-state index in [0.717, 1.165) is 18.5 Å². The van der Waals surface area contributed by atoms with Gasteiger partial charge in [-0.3, -0.25) is 5.32 Å². The number of sulfone groups is 1. The third-order valence-corrected chi connectivity index (χ3v) is 5.53. The van der Waals surface area contributed by atoms with E-state index in [9.17, 15) is 21.6 Å². The van der Waals surface area contributed by atoms with E-state index in [1.165, 1.54) is 18.1 Å². The number of aromatic nitrogens is 4. The number of anilines is 2. The van der Waals surface area contributed by atoms with Crippen LogP contribution in [0.4, 0.5) is 16.7 Å². The topological polar surface area (TPSA) is 173 Å². The van der Waals surface area contributed by atoms with Gasteiger partial charge in [-0.2, -0.15) is 15.0 Å². The summed E-state index contributed by atoms with van der Waals surface area (Å²) in [4.78, 5) is 28.2. The maximum absolute atomic E-state index is 12.4. The van der Waals surface area contributed by atoms with E-state index in [1.54, 1.807) is 18.8 Å². The molecule has 0 aromatic carbocycles. The molecule has 0 aliphatic rings. The van der Waals surface area contributed by atoms with Gasteiger partial charge in [-0.1, -0.05) is 0 Å². The molecule has 0 bridgehead atoms. The Morgan fingerprint density at radius 3 is 2.39 bits per heavy atom. The smallest absolute Gasteiger partial charge is 0.335 e. The lowest BCUT2D eigenvalue weighted by molar-refractivity contribution is 0.256. The third-order valence-electron chi connectivity index (χ3n) is 3.02. The number of methoxy groups -OCH3 is 1. The quantitative estimate of drug-likeness (QED) is 0.589. The fourth-order valence-electron chi connectivity index (χ4n) is 1.86. The second kappa shape index (κ2) is 7.89. The molecule has 15 heteroatoms. The summed E-state index contributed by atoms with van der Waals surface area (Å²) in [5, 5.41) is 1.44. The number of sulfonamides is 1. The summed E-state index contributed by atoms with van der Waals surface area (Å²) < 4.78 is 54.9. The number of nitrogens with zero attached hydrogens (tertiary/aromatic N) is 5. The molecule has 2 N–H and O–H groups in total. The van der Waals surface area contributed by atoms with Crippen molar-refractivity contribution in [1.82, 2.24) is 24.7 Å². The van der Waals surface area contributed by atoms with Gasteiger partial charge in [0.05, 0.1) is 7.11 Å². The van der Waals surface area contributed by atoms with Crippen LogP contribution in [0, 0.1) is 0 Å². The highest BCUT2D eigenvalue weighted by molar-refractivity contribution is 7.93. The second-order valence-corrected chi connectivity index (χ2v) is 9.06. The summed E-state index contributed by atoms with van der Waals surface area (Å²) in [7, 11) is -3.93. The fourth-order valence-corrected chi connectivity index (χ4v) is 4.27. The normalized spacial score (nSPS) is 11.6. The maximum Gasteiger partial charge on any atom is 0.335 e. The zero-order valence-corrected chi connectivity index (χ0v) is 16.9. The van der Waals surface area contributed by atoms with Crippen molar-refractivity contribution < 1.29 is 26.4 Å². The van der Waals surface area contributed by atoms with Crippen LogP contribution < -0.4 is 19.7 Å². The number of rotatable bonds is 6. The van der Waals surface area contributed by atoms with Crippen molar-refractivity contribution in [3.8, 4) is 6.01 Å². The standard InChI is InChI=1S/C13H17N7O6S2/c1-20(2)11-15-10(17-13(18-11)26-3)16-12(21)19-28(24,25)8-6-5-7-14-9(8)27(4,22)23/h5-7H,1-4H3,(H2,15,16,17,18,19,21). The third kappa shape index (κ3) is 5.01. The highest BCUT2D eigenvalue weighted by Gasteiger charge is 2.27. The number of urea groups is 1. The monoisotopic (exact) mass is 431 g/mol. The molecule has 13 nitrogen and oxygen atoms in total. The zero-order valence-electron chi connectivity index (χ0n) is 15.2. The predicted octanol–water partition coefficient (Wildman–Crippen LogP) is -0.745. The van der Waals surface area contributed by atoms with Crippen molar-refractivity contribution in [2.45, 2.75) is 9.92 Å². The molecule has 28 heavy (non-hydrogen) atoms. The van der Waals surface area contributed by atoms with Crippen LogP contribution in [0.1, 0.15) is 0 Å². The van der Waals surface area contributed by atoms with Gasteiger partial charge in [0.15, 0.2) is 14.9 Å². The highest BCUT2D eigenvalue weighted by atomic mass is 32.2. The Morgan fingerprint density at radius 2 is 1.82 bits per heavy atom. The van der Waals surface area contributed by atoms with Crippen molar-refractivity contribution in [2.24, 2.45) is 0 Å². The summed E-state index contributed by atoms with van der Waals surface area (Å²) in [6, 6.07) is 0.904. The Hall–Kier alpha value is -3.07. The Labute approximate surface area is 161 Å². The second-order valence-electron chi connectivity index (χ2n) is 5.48. The number of carbonyl (C=O) groups excluding carboxylic acids is 1. The number of amides is 2. The van der Waals surface area contributed by atoms with Gasteiger partial charge in [0.1, 0.15) is 4.90 Å². The molecule has 0 saturated carbocycles. The molecular formula is C13H17N7O6S2. The number of hydrogen-bond acceptors (Lipinski definition) is 11. The Bertz CT molecular complexity index is 1100. The molecule has 152 valence electrons. The molecule has 0 aliphatic heterocycles. The molecule has 0 fully saturated rings. The lowest BCUT2D eigenvalue weighted by atomic mass is 10.5. The largest absolute Gasteiger partial charge is 0.467 e. The minimum atomic E-state index is -4.55. The zero-order chi connectivity index (χ0) is 21.1. The van der Waals surface area contributed by atoms with E-state index in [2.05, 4.69) is 25.3 Å². The Balaban J connectivity index is 2.30. The van der Waals surface area contributed by atoms with Crippen molar-refractivity contribution in [2.75, 3.05) is 37.7 Å². The number of ether oxygens (including phenoxy) is 1. The summed E-state index contributed by atoms with van der Waals surface area (Å²) in [6.07, 6.45) is 1.92. The fraction of sp³-hybridized carbons (Fsp3) is 0.308. The average Bonchev–Trinajstić information content (AvgIpc) is 2.60. The van der Waals surface area contributed by atoms with Gasteiger partial charge in [-0.05, 0) is 12.1 Å². The molecule has 0 saturated heterocycles. The summed E-state index contributed by atoms with van der Waals surface area (Å²) in [5.74, 6) is -0.130. The van der Waals surface area contributed by atoms with Crippen molar-refractivity contribution >= 4 is 37.8 Å². The number of carbonyl (C=O) groups is 1. The molecule has 0 spiro atoms. The van der Waals surface area contributed by atoms with Crippen LogP contribution in [-0.2, 0) is 19.9 Å². The first kappa shape index (κ1) is 21.2. The van der Waals surface area contributed by atoms with Crippen molar-refractivity contribution in [3.05, 3.63) is 18.3 Å². The molecule has 0 atom stereocenters. The van der Waals surface area contributed by atoms with Crippen LogP contribution in [0.2, 0.25) is 0 Å². The summed E-state index contributed by atoms with van der Waals surface area (Å²) in [6.45, 7) is 0. The van der Waals surface area contributed by atoms with Gasteiger partial charge in [-0.25, -0.2) is 31.3 Å². The van der Waals surface area contributed by atoms with E-state index in [1.807, 2.05) is 0 Å². The van der Waals surface area contributed by atoms with Gasteiger partial charge in [0.2, 0.25) is 11.9 Å². The first-order valence-corrected chi connectivity index (χ1v) is 10.8. The summed E-state index contributed by atoms with van der Waals surface area (Å²) in [5.41, 5.74) is 0. The van der Waals surface area contributed by atoms with E-state index in [4.69, 9.17) is 4.74 Å². The minimum absolute atomic E-state index is 0.108. The molecule has 2 heterocycles. The molecule has 0 unspecified atom stereocenters. The first-order chi connectivity index (χ1) is 12.9. The Kier molecular flexibility index (Phi) is 5.98. The predicted molar refractivity (Wildman–Crippen MR) is 97.4 cm³/mol. The van der Waals surface area contributed by atoms with Crippen LogP contribution in [0.5, 0.6) is 6.01 Å². The van der Waals surface area contributed by atoms with Crippen LogP contribution >= 0.6 is 0 Å². The van der Waals surface area contributed by atoms with Crippen LogP contribution in [0.15, 0.2) is 28.3 Å². The molecule has 2 rings (SSSR count). The maximum atomic E-state index is 12.4. The molecule has 2 aromatic heterocycles. The SMILES string of the molecule is COc1nc(NC(=O)NS(=O)(=O)c2cccnc2S(C)(=O)=O)nc(N(C)C)n1. The molecule has 2 amide bonds. The number of nitrogens with one attached hydrogen (secondary N) is 2. The van der Waals surface area contributed by atoms with Crippen LogP contribution in [0.25, 0.3) is 0 Å². The van der Waals surface area contributed by atoms with E-state index >= 15 is 0 Å². The molecule has 2 aromatic rings. The van der Waals surface area contributed by atoms with Gasteiger partial charge in [0, 0.05) is 26.5 Å². The van der Waals surface area contributed by atoms with E-state index in [-0.39, 0.29) is 17.9 Å². The molecule has 0 aliphatic carbocycles.